The molecule has 0 aliphatic carbocycles. The second-order valence-electron chi connectivity index (χ2n) is 4.75. The Bertz CT molecular complexity index is 690. The Morgan fingerprint density at radius 2 is 1.95 bits per heavy atom. The van der Waals surface area contributed by atoms with Crippen LogP contribution < -0.4 is 15.4 Å². The highest BCUT2D eigenvalue weighted by atomic mass is 19.1. The first-order valence-electron chi connectivity index (χ1n) is 6.63. The van der Waals surface area contributed by atoms with Crippen molar-refractivity contribution in [2.24, 2.45) is 0 Å². The zero-order valence-corrected chi connectivity index (χ0v) is 12.2. The van der Waals surface area contributed by atoms with Crippen LogP contribution in [0.2, 0.25) is 0 Å². The molecule has 2 amide bonds. The van der Waals surface area contributed by atoms with Crippen LogP contribution in [0.25, 0.3) is 0 Å². The number of rotatable bonds is 4. The first-order valence-corrected chi connectivity index (χ1v) is 6.63. The van der Waals surface area contributed by atoms with Crippen LogP contribution >= 0.6 is 0 Å². The highest BCUT2D eigenvalue weighted by molar-refractivity contribution is 5.91. The van der Waals surface area contributed by atoms with Gasteiger partial charge in [-0.2, -0.15) is 0 Å². The van der Waals surface area contributed by atoms with Crippen LogP contribution in [0, 0.1) is 18.6 Å². The summed E-state index contributed by atoms with van der Waals surface area (Å²) in [5.41, 5.74) is 1.53. The van der Waals surface area contributed by atoms with E-state index in [1.54, 1.807) is 12.1 Å². The van der Waals surface area contributed by atoms with E-state index >= 15 is 0 Å². The summed E-state index contributed by atoms with van der Waals surface area (Å²) < 4.78 is 31.7. The zero-order chi connectivity index (χ0) is 16.1. The minimum absolute atomic E-state index is 0.0753. The lowest BCUT2D eigenvalue weighted by Crippen LogP contribution is -2.28. The highest BCUT2D eigenvalue weighted by Gasteiger charge is 2.09. The van der Waals surface area contributed by atoms with E-state index in [9.17, 15) is 13.6 Å². The molecule has 0 atom stereocenters. The lowest BCUT2D eigenvalue weighted by Gasteiger charge is -2.12. The Kier molecular flexibility index (Phi) is 4.93. The summed E-state index contributed by atoms with van der Waals surface area (Å²) in [7, 11) is 1.50. The zero-order valence-electron chi connectivity index (χ0n) is 12.2. The van der Waals surface area contributed by atoms with Gasteiger partial charge in [0.05, 0.1) is 12.8 Å². The van der Waals surface area contributed by atoms with Crippen LogP contribution in [0.4, 0.5) is 19.3 Å². The number of carbonyl (C=O) groups is 1. The predicted molar refractivity (Wildman–Crippen MR) is 79.9 cm³/mol. The Labute approximate surface area is 127 Å². The monoisotopic (exact) mass is 306 g/mol. The van der Waals surface area contributed by atoms with Crippen molar-refractivity contribution in [2.45, 2.75) is 13.5 Å². The summed E-state index contributed by atoms with van der Waals surface area (Å²) in [6.45, 7) is 1.76. The number of anilines is 1. The molecule has 2 N–H and O–H groups in total. The Morgan fingerprint density at radius 3 is 2.68 bits per heavy atom. The lowest BCUT2D eigenvalue weighted by molar-refractivity contribution is 0.251. The number of urea groups is 1. The Balaban J connectivity index is 2.01. The fourth-order valence-electron chi connectivity index (χ4n) is 1.94. The first-order chi connectivity index (χ1) is 10.5. The van der Waals surface area contributed by atoms with Gasteiger partial charge < -0.3 is 15.4 Å². The number of aryl methyl sites for hydroxylation is 1. The average Bonchev–Trinajstić information content (AvgIpc) is 2.48. The Morgan fingerprint density at radius 1 is 1.18 bits per heavy atom. The van der Waals surface area contributed by atoms with Gasteiger partial charge in [0.1, 0.15) is 17.4 Å². The molecule has 0 aliphatic heterocycles. The molecule has 2 rings (SSSR count). The molecule has 0 spiro atoms. The number of ether oxygens (including phenoxy) is 1. The maximum Gasteiger partial charge on any atom is 0.319 e. The third kappa shape index (κ3) is 3.94. The van der Waals surface area contributed by atoms with Crippen molar-refractivity contribution in [1.82, 2.24) is 5.32 Å². The average molecular weight is 306 g/mol. The van der Waals surface area contributed by atoms with Crippen molar-refractivity contribution in [3.8, 4) is 5.75 Å². The minimum Gasteiger partial charge on any atom is -0.495 e. The molecular formula is C16H16F2N2O2. The first kappa shape index (κ1) is 15.8. The third-order valence-corrected chi connectivity index (χ3v) is 3.05. The minimum atomic E-state index is -0.574. The summed E-state index contributed by atoms with van der Waals surface area (Å²) >= 11 is 0. The van der Waals surface area contributed by atoms with E-state index in [0.29, 0.717) is 11.4 Å². The topological polar surface area (TPSA) is 50.4 Å². The fourth-order valence-corrected chi connectivity index (χ4v) is 1.94. The normalized spacial score (nSPS) is 10.2. The van der Waals surface area contributed by atoms with Crippen LogP contribution in [0.3, 0.4) is 0 Å². The molecule has 0 aliphatic rings. The fraction of sp³-hybridized carbons (Fsp3) is 0.188. The number of carbonyl (C=O) groups excluding carboxylic acids is 1. The van der Waals surface area contributed by atoms with E-state index in [1.807, 2.05) is 13.0 Å². The standard InChI is InChI=1S/C16H16F2N2O2/c1-10-3-6-15(22-2)14(7-10)20-16(21)19-9-11-8-12(17)4-5-13(11)18/h3-8H,9H2,1-2H3,(H2,19,20,21). The van der Waals surface area contributed by atoms with Gasteiger partial charge in [-0.15, -0.1) is 0 Å². The second-order valence-corrected chi connectivity index (χ2v) is 4.75. The highest BCUT2D eigenvalue weighted by Crippen LogP contribution is 2.25. The van der Waals surface area contributed by atoms with Crippen LogP contribution in [-0.4, -0.2) is 13.1 Å². The predicted octanol–water partition coefficient (Wildman–Crippen LogP) is 3.60. The molecule has 116 valence electrons. The molecule has 0 unspecified atom stereocenters. The molecule has 4 nitrogen and oxygen atoms in total. The van der Waals surface area contributed by atoms with Crippen molar-refractivity contribution in [3.05, 3.63) is 59.2 Å². The van der Waals surface area contributed by atoms with Crippen LogP contribution in [0.1, 0.15) is 11.1 Å². The summed E-state index contributed by atoms with van der Waals surface area (Å²) in [5.74, 6) is -0.619. The molecule has 6 heteroatoms. The van der Waals surface area contributed by atoms with Gasteiger partial charge in [0.15, 0.2) is 0 Å². The van der Waals surface area contributed by atoms with Crippen molar-refractivity contribution in [1.29, 1.82) is 0 Å². The van der Waals surface area contributed by atoms with E-state index < -0.39 is 17.7 Å². The molecule has 0 radical (unpaired) electrons. The molecule has 0 bridgehead atoms. The molecule has 0 saturated heterocycles. The molecule has 2 aromatic carbocycles. The number of halogens is 2. The quantitative estimate of drug-likeness (QED) is 0.906. The molecule has 0 heterocycles. The number of benzene rings is 2. The van der Waals surface area contributed by atoms with Gasteiger partial charge in [-0.25, -0.2) is 13.6 Å². The summed E-state index contributed by atoms with van der Waals surface area (Å²) in [4.78, 5) is 11.9. The number of hydrogen-bond acceptors (Lipinski definition) is 2. The van der Waals surface area contributed by atoms with E-state index in [2.05, 4.69) is 10.6 Å². The SMILES string of the molecule is COc1ccc(C)cc1NC(=O)NCc1cc(F)ccc1F. The van der Waals surface area contributed by atoms with Crippen LogP contribution in [-0.2, 0) is 6.54 Å². The summed E-state index contributed by atoms with van der Waals surface area (Å²) in [5, 5.41) is 5.09. The molecule has 2 aromatic rings. The molecular weight excluding hydrogens is 290 g/mol. The van der Waals surface area contributed by atoms with Crippen molar-refractivity contribution in [2.75, 3.05) is 12.4 Å². The number of hydrogen-bond donors (Lipinski definition) is 2. The molecule has 0 saturated carbocycles. The lowest BCUT2D eigenvalue weighted by atomic mass is 10.2. The molecule has 0 fully saturated rings. The molecule has 22 heavy (non-hydrogen) atoms. The van der Waals surface area contributed by atoms with Crippen molar-refractivity contribution < 1.29 is 18.3 Å². The maximum atomic E-state index is 13.5. The third-order valence-electron chi connectivity index (χ3n) is 3.05. The van der Waals surface area contributed by atoms with Gasteiger partial charge >= 0.3 is 6.03 Å². The van der Waals surface area contributed by atoms with Gasteiger partial charge in [0.25, 0.3) is 0 Å². The van der Waals surface area contributed by atoms with Crippen molar-refractivity contribution >= 4 is 11.7 Å². The second kappa shape index (κ2) is 6.89. The number of amides is 2. The van der Waals surface area contributed by atoms with Crippen LogP contribution in [0.5, 0.6) is 5.75 Å². The summed E-state index contributed by atoms with van der Waals surface area (Å²) in [6.07, 6.45) is 0. The van der Waals surface area contributed by atoms with Crippen LogP contribution in [0.15, 0.2) is 36.4 Å². The number of methoxy groups -OCH3 is 1. The van der Waals surface area contributed by atoms with E-state index in [1.165, 1.54) is 7.11 Å². The summed E-state index contributed by atoms with van der Waals surface area (Å²) in [6, 6.07) is 7.89. The van der Waals surface area contributed by atoms with Gasteiger partial charge in [-0.05, 0) is 42.8 Å². The van der Waals surface area contributed by atoms with Gasteiger partial charge in [0, 0.05) is 12.1 Å². The van der Waals surface area contributed by atoms with Gasteiger partial charge in [-0.3, -0.25) is 0 Å². The van der Waals surface area contributed by atoms with Crippen molar-refractivity contribution in [3.63, 3.8) is 0 Å². The number of nitrogens with one attached hydrogen (secondary N) is 2. The molecule has 0 aromatic heterocycles. The van der Waals surface area contributed by atoms with Gasteiger partial charge in [-0.1, -0.05) is 6.07 Å². The van der Waals surface area contributed by atoms with E-state index in [0.717, 1.165) is 23.8 Å². The maximum absolute atomic E-state index is 13.5. The largest absolute Gasteiger partial charge is 0.495 e. The smallest absolute Gasteiger partial charge is 0.319 e. The Hall–Kier alpha value is -2.63. The van der Waals surface area contributed by atoms with Gasteiger partial charge in [0.2, 0.25) is 0 Å². The van der Waals surface area contributed by atoms with E-state index in [-0.39, 0.29) is 12.1 Å². The van der Waals surface area contributed by atoms with E-state index in [4.69, 9.17) is 4.74 Å².